The van der Waals surface area contributed by atoms with Crippen molar-refractivity contribution in [3.8, 4) is 0 Å². The Bertz CT molecular complexity index is 431. The Labute approximate surface area is 120 Å². The molecule has 1 aliphatic rings. The van der Waals surface area contributed by atoms with Gasteiger partial charge in [0.05, 0.1) is 0 Å². The van der Waals surface area contributed by atoms with Crippen LogP contribution in [0.25, 0.3) is 0 Å². The lowest BCUT2D eigenvalue weighted by Gasteiger charge is -2.36. The number of piperidine rings is 1. The molecule has 1 saturated heterocycles. The molecule has 1 fully saturated rings. The zero-order valence-corrected chi connectivity index (χ0v) is 12.5. The largest absolute Gasteiger partial charge is 0.377 e. The summed E-state index contributed by atoms with van der Waals surface area (Å²) >= 11 is 0. The average Bonchev–Trinajstić information content (AvgIpc) is 2.47. The molecule has 2 rings (SSSR count). The predicted molar refractivity (Wildman–Crippen MR) is 79.5 cm³/mol. The molecule has 0 atom stereocenters. The number of aromatic nitrogens is 2. The summed E-state index contributed by atoms with van der Waals surface area (Å²) in [6.07, 6.45) is 2.28. The number of hydrogen-bond donors (Lipinski definition) is 2. The van der Waals surface area contributed by atoms with Crippen molar-refractivity contribution in [3.63, 3.8) is 0 Å². The SMILES string of the molecule is COCc1nc(NN)cc(N2CCC(N(C)C)CC2)n1. The highest BCUT2D eigenvalue weighted by molar-refractivity contribution is 5.49. The summed E-state index contributed by atoms with van der Waals surface area (Å²) in [4.78, 5) is 13.4. The van der Waals surface area contributed by atoms with E-state index in [0.717, 1.165) is 31.7 Å². The summed E-state index contributed by atoms with van der Waals surface area (Å²) in [6, 6.07) is 2.54. The molecule has 7 nitrogen and oxygen atoms in total. The van der Waals surface area contributed by atoms with Gasteiger partial charge in [-0.1, -0.05) is 0 Å². The van der Waals surface area contributed by atoms with Crippen LogP contribution >= 0.6 is 0 Å². The number of ether oxygens (including phenoxy) is 1. The zero-order chi connectivity index (χ0) is 14.5. The fourth-order valence-corrected chi connectivity index (χ4v) is 2.52. The third-order valence-corrected chi connectivity index (χ3v) is 3.70. The lowest BCUT2D eigenvalue weighted by Crippen LogP contribution is -2.42. The molecule has 1 aromatic rings. The van der Waals surface area contributed by atoms with Crippen LogP contribution in [0.3, 0.4) is 0 Å². The van der Waals surface area contributed by atoms with Crippen molar-refractivity contribution in [2.24, 2.45) is 5.84 Å². The topological polar surface area (TPSA) is 79.5 Å². The Hall–Kier alpha value is -1.44. The Morgan fingerprint density at radius 3 is 2.65 bits per heavy atom. The first-order chi connectivity index (χ1) is 9.63. The number of hydrogen-bond acceptors (Lipinski definition) is 7. The summed E-state index contributed by atoms with van der Waals surface area (Å²) in [5.41, 5.74) is 2.59. The van der Waals surface area contributed by atoms with E-state index in [2.05, 4.69) is 39.3 Å². The van der Waals surface area contributed by atoms with E-state index in [-0.39, 0.29) is 0 Å². The van der Waals surface area contributed by atoms with E-state index in [4.69, 9.17) is 10.6 Å². The van der Waals surface area contributed by atoms with Gasteiger partial charge >= 0.3 is 0 Å². The van der Waals surface area contributed by atoms with Crippen molar-refractivity contribution in [1.82, 2.24) is 14.9 Å². The maximum absolute atomic E-state index is 5.47. The average molecular weight is 280 g/mol. The Balaban J connectivity index is 2.10. The van der Waals surface area contributed by atoms with E-state index in [1.165, 1.54) is 0 Å². The van der Waals surface area contributed by atoms with Gasteiger partial charge in [-0.05, 0) is 26.9 Å². The van der Waals surface area contributed by atoms with Crippen LogP contribution < -0.4 is 16.2 Å². The molecule has 0 unspecified atom stereocenters. The Morgan fingerprint density at radius 2 is 2.10 bits per heavy atom. The number of hydrazine groups is 1. The van der Waals surface area contributed by atoms with E-state index in [1.807, 2.05) is 6.07 Å². The Kier molecular flexibility index (Phi) is 5.11. The summed E-state index contributed by atoms with van der Waals surface area (Å²) in [5, 5.41) is 0. The minimum Gasteiger partial charge on any atom is -0.377 e. The van der Waals surface area contributed by atoms with Gasteiger partial charge in [0.25, 0.3) is 0 Å². The minimum atomic E-state index is 0.386. The zero-order valence-electron chi connectivity index (χ0n) is 12.5. The molecule has 0 aromatic carbocycles. The smallest absolute Gasteiger partial charge is 0.158 e. The lowest BCUT2D eigenvalue weighted by molar-refractivity contribution is 0.178. The number of anilines is 2. The maximum atomic E-state index is 5.47. The molecular formula is C13H24N6O. The van der Waals surface area contributed by atoms with Crippen LogP contribution in [-0.4, -0.2) is 55.2 Å². The molecule has 0 amide bonds. The first-order valence-electron chi connectivity index (χ1n) is 6.89. The van der Waals surface area contributed by atoms with E-state index < -0.39 is 0 Å². The van der Waals surface area contributed by atoms with Crippen molar-refractivity contribution < 1.29 is 4.74 Å². The molecule has 20 heavy (non-hydrogen) atoms. The fraction of sp³-hybridized carbons (Fsp3) is 0.692. The van der Waals surface area contributed by atoms with Crippen molar-refractivity contribution >= 4 is 11.6 Å². The number of rotatable bonds is 5. The predicted octanol–water partition coefficient (Wildman–Crippen LogP) is 0.439. The lowest BCUT2D eigenvalue weighted by atomic mass is 10.0. The summed E-state index contributed by atoms with van der Waals surface area (Å²) in [5.74, 6) is 7.65. The van der Waals surface area contributed by atoms with Gasteiger partial charge < -0.3 is 20.0 Å². The molecule has 0 spiro atoms. The fourth-order valence-electron chi connectivity index (χ4n) is 2.52. The molecule has 0 bridgehead atoms. The molecule has 0 aliphatic carbocycles. The number of nitrogens with two attached hydrogens (primary N) is 1. The standard InChI is InChI=1S/C13H24N6O/c1-18(2)10-4-6-19(7-5-10)13-8-11(17-14)15-12(16-13)9-20-3/h8,10H,4-7,9,14H2,1-3H3,(H,15,16,17). The molecular weight excluding hydrogens is 256 g/mol. The van der Waals surface area contributed by atoms with E-state index in [0.29, 0.717) is 24.3 Å². The van der Waals surface area contributed by atoms with Crippen LogP contribution in [-0.2, 0) is 11.3 Å². The van der Waals surface area contributed by atoms with Crippen molar-refractivity contribution in [3.05, 3.63) is 11.9 Å². The molecule has 3 N–H and O–H groups in total. The summed E-state index contributed by atoms with van der Waals surface area (Å²) < 4.78 is 5.10. The van der Waals surface area contributed by atoms with Gasteiger partial charge in [-0.2, -0.15) is 0 Å². The van der Waals surface area contributed by atoms with E-state index in [1.54, 1.807) is 7.11 Å². The molecule has 7 heteroatoms. The third kappa shape index (κ3) is 3.56. The van der Waals surface area contributed by atoms with Gasteiger partial charge in [0.2, 0.25) is 0 Å². The van der Waals surface area contributed by atoms with E-state index in [9.17, 15) is 0 Å². The Morgan fingerprint density at radius 1 is 1.40 bits per heavy atom. The van der Waals surface area contributed by atoms with Gasteiger partial charge in [0.1, 0.15) is 18.2 Å². The minimum absolute atomic E-state index is 0.386. The van der Waals surface area contributed by atoms with Crippen molar-refractivity contribution in [2.75, 3.05) is 44.6 Å². The van der Waals surface area contributed by atoms with Gasteiger partial charge in [-0.3, -0.25) is 0 Å². The van der Waals surface area contributed by atoms with Crippen LogP contribution in [0, 0.1) is 0 Å². The second-order valence-electron chi connectivity index (χ2n) is 5.29. The first kappa shape index (κ1) is 15.0. The molecule has 1 aromatic heterocycles. The summed E-state index contributed by atoms with van der Waals surface area (Å²) in [7, 11) is 5.91. The summed E-state index contributed by atoms with van der Waals surface area (Å²) in [6.45, 7) is 2.38. The third-order valence-electron chi connectivity index (χ3n) is 3.70. The van der Waals surface area contributed by atoms with Crippen LogP contribution in [0.5, 0.6) is 0 Å². The van der Waals surface area contributed by atoms with Gasteiger partial charge in [0.15, 0.2) is 5.82 Å². The normalized spacial score (nSPS) is 16.8. The molecule has 0 saturated carbocycles. The second kappa shape index (κ2) is 6.83. The second-order valence-corrected chi connectivity index (χ2v) is 5.29. The van der Waals surface area contributed by atoms with Gasteiger partial charge in [-0.25, -0.2) is 15.8 Å². The maximum Gasteiger partial charge on any atom is 0.158 e. The van der Waals surface area contributed by atoms with Crippen LogP contribution in [0.15, 0.2) is 6.07 Å². The highest BCUT2D eigenvalue weighted by Crippen LogP contribution is 2.22. The van der Waals surface area contributed by atoms with Crippen LogP contribution in [0.2, 0.25) is 0 Å². The number of nitrogens with one attached hydrogen (secondary N) is 1. The first-order valence-corrected chi connectivity index (χ1v) is 6.89. The molecule has 112 valence electrons. The monoisotopic (exact) mass is 280 g/mol. The molecule has 2 heterocycles. The van der Waals surface area contributed by atoms with Gasteiger partial charge in [-0.15, -0.1) is 0 Å². The van der Waals surface area contributed by atoms with Crippen LogP contribution in [0.1, 0.15) is 18.7 Å². The highest BCUT2D eigenvalue weighted by Gasteiger charge is 2.22. The van der Waals surface area contributed by atoms with Crippen LogP contribution in [0.4, 0.5) is 11.6 Å². The van der Waals surface area contributed by atoms with Crippen molar-refractivity contribution in [1.29, 1.82) is 0 Å². The number of nitrogen functional groups attached to an aromatic ring is 1. The molecule has 0 radical (unpaired) electrons. The number of methoxy groups -OCH3 is 1. The van der Waals surface area contributed by atoms with Gasteiger partial charge in [0, 0.05) is 32.3 Å². The highest BCUT2D eigenvalue weighted by atomic mass is 16.5. The van der Waals surface area contributed by atoms with Crippen molar-refractivity contribution in [2.45, 2.75) is 25.5 Å². The molecule has 1 aliphatic heterocycles. The quantitative estimate of drug-likeness (QED) is 0.598. The van der Waals surface area contributed by atoms with E-state index >= 15 is 0 Å². The number of nitrogens with zero attached hydrogens (tertiary/aromatic N) is 4.